The van der Waals surface area contributed by atoms with Crippen LogP contribution in [0.4, 0.5) is 0 Å². The second-order valence-corrected chi connectivity index (χ2v) is 6.44. The smallest absolute Gasteiger partial charge is 0.191 e. The van der Waals surface area contributed by atoms with Gasteiger partial charge >= 0.3 is 0 Å². The van der Waals surface area contributed by atoms with Crippen LogP contribution in [0.1, 0.15) is 35.4 Å². The van der Waals surface area contributed by atoms with E-state index < -0.39 is 0 Å². The van der Waals surface area contributed by atoms with E-state index in [4.69, 9.17) is 0 Å². The molecule has 0 aliphatic heterocycles. The van der Waals surface area contributed by atoms with Crippen molar-refractivity contribution < 1.29 is 5.11 Å². The van der Waals surface area contributed by atoms with E-state index in [1.165, 1.54) is 11.1 Å². The molecule has 2 rings (SSSR count). The van der Waals surface area contributed by atoms with Gasteiger partial charge < -0.3 is 15.7 Å². The molecule has 2 atom stereocenters. The third kappa shape index (κ3) is 5.91. The Morgan fingerprint density at radius 1 is 0.960 bits per heavy atom. The number of aryl methyl sites for hydroxylation is 1. The van der Waals surface area contributed by atoms with E-state index in [-0.39, 0.29) is 12.5 Å². The molecule has 0 saturated carbocycles. The van der Waals surface area contributed by atoms with E-state index in [0.29, 0.717) is 12.5 Å². The first-order valence-electron chi connectivity index (χ1n) is 8.81. The molecule has 3 N–H and O–H groups in total. The molecule has 2 unspecified atom stereocenters. The summed E-state index contributed by atoms with van der Waals surface area (Å²) < 4.78 is 0. The third-order valence-electron chi connectivity index (χ3n) is 4.45. The lowest BCUT2D eigenvalue weighted by Gasteiger charge is -2.20. The average molecular weight is 339 g/mol. The van der Waals surface area contributed by atoms with E-state index in [0.717, 1.165) is 18.1 Å². The SMILES string of the molecule is CN=C(NCC(C)c1ccc(C)cc1)NCC(CO)c1ccccc1. The zero-order valence-corrected chi connectivity index (χ0v) is 15.4. The summed E-state index contributed by atoms with van der Waals surface area (Å²) in [5.74, 6) is 1.20. The maximum atomic E-state index is 9.65. The van der Waals surface area contributed by atoms with Crippen molar-refractivity contribution in [3.05, 3.63) is 71.3 Å². The third-order valence-corrected chi connectivity index (χ3v) is 4.45. The Morgan fingerprint density at radius 2 is 1.60 bits per heavy atom. The van der Waals surface area contributed by atoms with Crippen molar-refractivity contribution in [1.29, 1.82) is 0 Å². The van der Waals surface area contributed by atoms with E-state index in [1.54, 1.807) is 7.05 Å². The van der Waals surface area contributed by atoms with Gasteiger partial charge in [-0.05, 0) is 24.0 Å². The van der Waals surface area contributed by atoms with Crippen LogP contribution in [0.5, 0.6) is 0 Å². The molecule has 0 bridgehead atoms. The van der Waals surface area contributed by atoms with Gasteiger partial charge in [0.1, 0.15) is 0 Å². The van der Waals surface area contributed by atoms with Crippen molar-refractivity contribution in [3.63, 3.8) is 0 Å². The Morgan fingerprint density at radius 3 is 2.20 bits per heavy atom. The molecule has 4 heteroatoms. The molecule has 0 radical (unpaired) electrons. The second kappa shape index (κ2) is 9.84. The summed E-state index contributed by atoms with van der Waals surface area (Å²) in [6.07, 6.45) is 0. The fourth-order valence-electron chi connectivity index (χ4n) is 2.72. The molecule has 134 valence electrons. The van der Waals surface area contributed by atoms with E-state index >= 15 is 0 Å². The van der Waals surface area contributed by atoms with Gasteiger partial charge in [0.15, 0.2) is 5.96 Å². The zero-order chi connectivity index (χ0) is 18.1. The average Bonchev–Trinajstić information content (AvgIpc) is 2.65. The fraction of sp³-hybridized carbons (Fsp3) is 0.381. The van der Waals surface area contributed by atoms with E-state index in [9.17, 15) is 5.11 Å². The van der Waals surface area contributed by atoms with Crippen LogP contribution in [0, 0.1) is 6.92 Å². The molecule has 0 heterocycles. The van der Waals surface area contributed by atoms with Gasteiger partial charge in [0, 0.05) is 26.1 Å². The minimum absolute atomic E-state index is 0.0503. The number of aliphatic hydroxyl groups is 1. The quantitative estimate of drug-likeness (QED) is 0.537. The Kier molecular flexibility index (Phi) is 7.48. The molecule has 0 amide bonds. The summed E-state index contributed by atoms with van der Waals surface area (Å²) in [6, 6.07) is 18.7. The van der Waals surface area contributed by atoms with Crippen molar-refractivity contribution >= 4 is 5.96 Å². The highest BCUT2D eigenvalue weighted by Crippen LogP contribution is 2.15. The number of aliphatic hydroxyl groups excluding tert-OH is 1. The summed E-state index contributed by atoms with van der Waals surface area (Å²) >= 11 is 0. The molecule has 2 aromatic carbocycles. The first-order chi connectivity index (χ1) is 12.1. The maximum absolute atomic E-state index is 9.65. The lowest BCUT2D eigenvalue weighted by atomic mass is 10.00. The first kappa shape index (κ1) is 19.0. The summed E-state index contributed by atoms with van der Waals surface area (Å²) in [5, 5.41) is 16.3. The van der Waals surface area contributed by atoms with Crippen molar-refractivity contribution in [2.75, 3.05) is 26.7 Å². The monoisotopic (exact) mass is 339 g/mol. The van der Waals surface area contributed by atoms with E-state index in [2.05, 4.69) is 53.7 Å². The lowest BCUT2D eigenvalue weighted by Crippen LogP contribution is -2.41. The molecule has 2 aromatic rings. The van der Waals surface area contributed by atoms with Crippen LogP contribution >= 0.6 is 0 Å². The lowest BCUT2D eigenvalue weighted by molar-refractivity contribution is 0.265. The zero-order valence-electron chi connectivity index (χ0n) is 15.4. The second-order valence-electron chi connectivity index (χ2n) is 6.44. The fourth-order valence-corrected chi connectivity index (χ4v) is 2.72. The van der Waals surface area contributed by atoms with Gasteiger partial charge in [0.25, 0.3) is 0 Å². The normalized spacial score (nSPS) is 14.0. The molecule has 0 fully saturated rings. The summed E-state index contributed by atoms with van der Waals surface area (Å²) in [5.41, 5.74) is 3.71. The van der Waals surface area contributed by atoms with Crippen molar-refractivity contribution in [3.8, 4) is 0 Å². The predicted molar refractivity (Wildman–Crippen MR) is 105 cm³/mol. The summed E-state index contributed by atoms with van der Waals surface area (Å²) in [7, 11) is 1.77. The van der Waals surface area contributed by atoms with Crippen LogP contribution in [0.3, 0.4) is 0 Å². The predicted octanol–water partition coefficient (Wildman–Crippen LogP) is 3.04. The highest BCUT2D eigenvalue weighted by atomic mass is 16.3. The Balaban J connectivity index is 1.85. The van der Waals surface area contributed by atoms with Gasteiger partial charge in [0.2, 0.25) is 0 Å². The topological polar surface area (TPSA) is 56.7 Å². The van der Waals surface area contributed by atoms with Crippen LogP contribution in [0.15, 0.2) is 59.6 Å². The van der Waals surface area contributed by atoms with Crippen LogP contribution < -0.4 is 10.6 Å². The van der Waals surface area contributed by atoms with Gasteiger partial charge in [-0.1, -0.05) is 67.1 Å². The van der Waals surface area contributed by atoms with Crippen LogP contribution in [0.25, 0.3) is 0 Å². The molecule has 0 aromatic heterocycles. The molecule has 0 aliphatic rings. The Hall–Kier alpha value is -2.33. The number of rotatable bonds is 7. The molecule has 4 nitrogen and oxygen atoms in total. The minimum Gasteiger partial charge on any atom is -0.396 e. The summed E-state index contributed by atoms with van der Waals surface area (Å²) in [4.78, 5) is 4.28. The van der Waals surface area contributed by atoms with Crippen LogP contribution in [-0.2, 0) is 0 Å². The Labute approximate surface area is 151 Å². The van der Waals surface area contributed by atoms with Gasteiger partial charge in [-0.3, -0.25) is 4.99 Å². The minimum atomic E-state index is 0.0503. The standard InChI is InChI=1S/C21H29N3O/c1-16-9-11-18(12-10-16)17(2)13-23-21(22-3)24-14-20(15-25)19-7-5-4-6-8-19/h4-12,17,20,25H,13-15H2,1-3H3,(H2,22,23,24). The molecule has 25 heavy (non-hydrogen) atoms. The van der Waals surface area contributed by atoms with Gasteiger partial charge in [-0.2, -0.15) is 0 Å². The Bertz CT molecular complexity index is 653. The van der Waals surface area contributed by atoms with Gasteiger partial charge in [0.05, 0.1) is 6.61 Å². The number of hydrogen-bond acceptors (Lipinski definition) is 2. The molecule has 0 saturated heterocycles. The summed E-state index contributed by atoms with van der Waals surface area (Å²) in [6.45, 7) is 5.85. The molecular weight excluding hydrogens is 310 g/mol. The number of nitrogens with zero attached hydrogens (tertiary/aromatic N) is 1. The number of hydrogen-bond donors (Lipinski definition) is 3. The van der Waals surface area contributed by atoms with Gasteiger partial charge in [-0.25, -0.2) is 0 Å². The van der Waals surface area contributed by atoms with Crippen LogP contribution in [0.2, 0.25) is 0 Å². The van der Waals surface area contributed by atoms with Crippen molar-refractivity contribution in [2.24, 2.45) is 4.99 Å². The molecular formula is C21H29N3O. The van der Waals surface area contributed by atoms with E-state index in [1.807, 2.05) is 30.3 Å². The van der Waals surface area contributed by atoms with Crippen molar-refractivity contribution in [2.45, 2.75) is 25.7 Å². The first-order valence-corrected chi connectivity index (χ1v) is 8.81. The molecule has 0 spiro atoms. The number of nitrogens with one attached hydrogen (secondary N) is 2. The highest BCUT2D eigenvalue weighted by Gasteiger charge is 2.11. The number of guanidine groups is 1. The van der Waals surface area contributed by atoms with Crippen LogP contribution in [-0.4, -0.2) is 37.8 Å². The molecule has 0 aliphatic carbocycles. The van der Waals surface area contributed by atoms with Gasteiger partial charge in [-0.15, -0.1) is 0 Å². The maximum Gasteiger partial charge on any atom is 0.191 e. The van der Waals surface area contributed by atoms with Crippen molar-refractivity contribution in [1.82, 2.24) is 10.6 Å². The highest BCUT2D eigenvalue weighted by molar-refractivity contribution is 5.79. The number of benzene rings is 2. The number of aliphatic imine (C=N–C) groups is 1. The largest absolute Gasteiger partial charge is 0.396 e.